The van der Waals surface area contributed by atoms with Crippen molar-refractivity contribution in [2.45, 2.75) is 54.1 Å². The standard InChI is InChI=1S/C44H40O4P2/c1-29-37-25-45-27-39(37)31(3)43(47-49(33-17-9-5-10-18-33)34-19-11-6-12-20-34)41(29)42-30(2)38-26-46-28-40(38)32(4)44(42)48-50(35-21-13-7-14-22-35)36-23-15-8-16-24-36/h5-24H,25-28H2,1-4H3. The minimum Gasteiger partial charge on any atom is -0.464 e. The van der Waals surface area contributed by atoms with Crippen LogP contribution in [0.4, 0.5) is 0 Å². The van der Waals surface area contributed by atoms with Crippen molar-refractivity contribution in [1.82, 2.24) is 0 Å². The van der Waals surface area contributed by atoms with Crippen molar-refractivity contribution >= 4 is 37.5 Å². The van der Waals surface area contributed by atoms with E-state index in [1.165, 1.54) is 33.4 Å². The van der Waals surface area contributed by atoms with Gasteiger partial charge in [-0.05, 0) is 72.2 Å². The van der Waals surface area contributed by atoms with Gasteiger partial charge >= 0.3 is 0 Å². The first-order chi connectivity index (χ1) is 24.5. The summed E-state index contributed by atoms with van der Waals surface area (Å²) in [5, 5.41) is 4.66. The summed E-state index contributed by atoms with van der Waals surface area (Å²) in [6.45, 7) is 11.2. The molecule has 250 valence electrons. The molecule has 2 aliphatic heterocycles. The molecular weight excluding hydrogens is 654 g/mol. The predicted octanol–water partition coefficient (Wildman–Crippen LogP) is 9.50. The van der Waals surface area contributed by atoms with Gasteiger partial charge in [-0.2, -0.15) is 0 Å². The van der Waals surface area contributed by atoms with Gasteiger partial charge in [0.25, 0.3) is 0 Å². The number of rotatable bonds is 9. The van der Waals surface area contributed by atoms with E-state index in [0.717, 1.165) is 55.0 Å². The number of hydrogen-bond acceptors (Lipinski definition) is 4. The van der Waals surface area contributed by atoms with E-state index in [1.807, 2.05) is 0 Å². The second kappa shape index (κ2) is 14.1. The van der Waals surface area contributed by atoms with Crippen molar-refractivity contribution in [2.24, 2.45) is 0 Å². The van der Waals surface area contributed by atoms with Crippen LogP contribution < -0.4 is 30.3 Å². The second-order valence-electron chi connectivity index (χ2n) is 12.9. The lowest BCUT2D eigenvalue weighted by Crippen LogP contribution is -2.18. The number of fused-ring (bicyclic) bond motifs is 2. The molecule has 0 radical (unpaired) electrons. The van der Waals surface area contributed by atoms with Crippen molar-refractivity contribution in [2.75, 3.05) is 0 Å². The van der Waals surface area contributed by atoms with Crippen molar-refractivity contribution in [3.05, 3.63) is 166 Å². The topological polar surface area (TPSA) is 36.9 Å². The van der Waals surface area contributed by atoms with Crippen LogP contribution in [-0.2, 0) is 35.9 Å². The van der Waals surface area contributed by atoms with Gasteiger partial charge in [0.15, 0.2) is 16.3 Å². The molecule has 0 saturated heterocycles. The molecule has 0 atom stereocenters. The van der Waals surface area contributed by atoms with Crippen LogP contribution in [0.5, 0.6) is 11.5 Å². The molecule has 6 heteroatoms. The Morgan fingerprint density at radius 3 is 0.920 bits per heavy atom. The van der Waals surface area contributed by atoms with E-state index in [9.17, 15) is 0 Å². The first-order valence-corrected chi connectivity index (χ1v) is 19.6. The van der Waals surface area contributed by atoms with Gasteiger partial charge in [-0.25, -0.2) is 0 Å². The average Bonchev–Trinajstić information content (AvgIpc) is 3.87. The summed E-state index contributed by atoms with van der Waals surface area (Å²) in [7, 11) is -2.38. The Morgan fingerprint density at radius 2 is 0.640 bits per heavy atom. The molecular formula is C44H40O4P2. The number of hydrogen-bond donors (Lipinski definition) is 0. The third kappa shape index (κ3) is 5.95. The van der Waals surface area contributed by atoms with Crippen LogP contribution in [0.25, 0.3) is 11.1 Å². The smallest absolute Gasteiger partial charge is 0.150 e. The molecule has 0 saturated carbocycles. The minimum absolute atomic E-state index is 0.583. The third-order valence-electron chi connectivity index (χ3n) is 9.99. The molecule has 0 aromatic heterocycles. The Labute approximate surface area is 297 Å². The van der Waals surface area contributed by atoms with E-state index in [1.54, 1.807) is 0 Å². The molecule has 2 heterocycles. The molecule has 50 heavy (non-hydrogen) atoms. The van der Waals surface area contributed by atoms with E-state index in [0.29, 0.717) is 26.4 Å². The van der Waals surface area contributed by atoms with E-state index >= 15 is 0 Å². The summed E-state index contributed by atoms with van der Waals surface area (Å²) in [6.07, 6.45) is 0. The second-order valence-corrected chi connectivity index (χ2v) is 16.5. The monoisotopic (exact) mass is 694 g/mol. The maximum absolute atomic E-state index is 7.48. The highest BCUT2D eigenvalue weighted by atomic mass is 31.1. The molecule has 0 N–H and O–H groups in total. The van der Waals surface area contributed by atoms with Crippen molar-refractivity contribution in [1.29, 1.82) is 0 Å². The first-order valence-electron chi connectivity index (χ1n) is 17.1. The summed E-state index contributed by atoms with van der Waals surface area (Å²) in [6, 6.07) is 42.5. The van der Waals surface area contributed by atoms with Gasteiger partial charge in [-0.15, -0.1) is 0 Å². The quantitative estimate of drug-likeness (QED) is 0.141. The zero-order valence-electron chi connectivity index (χ0n) is 28.9. The maximum Gasteiger partial charge on any atom is 0.150 e. The summed E-state index contributed by atoms with van der Waals surface area (Å²) < 4.78 is 27.2. The van der Waals surface area contributed by atoms with Crippen molar-refractivity contribution in [3.8, 4) is 22.6 Å². The Hall–Kier alpha value is -4.30. The highest BCUT2D eigenvalue weighted by Gasteiger charge is 2.34. The zero-order valence-corrected chi connectivity index (χ0v) is 30.7. The summed E-state index contributed by atoms with van der Waals surface area (Å²) in [5.41, 5.74) is 11.8. The number of ether oxygens (including phenoxy) is 2. The van der Waals surface area contributed by atoms with E-state index in [2.05, 4.69) is 149 Å². The fraction of sp³-hybridized carbons (Fsp3) is 0.182. The van der Waals surface area contributed by atoms with Crippen LogP contribution in [0.15, 0.2) is 121 Å². The van der Waals surface area contributed by atoms with Crippen LogP contribution in [0.2, 0.25) is 0 Å². The lowest BCUT2D eigenvalue weighted by Gasteiger charge is -2.29. The Kier molecular flexibility index (Phi) is 9.30. The normalized spacial score (nSPS) is 13.5. The molecule has 0 fully saturated rings. The third-order valence-corrected chi connectivity index (χ3v) is 13.8. The summed E-state index contributed by atoms with van der Waals surface area (Å²) in [5.74, 6) is 1.81. The van der Waals surface area contributed by atoms with Crippen molar-refractivity contribution in [3.63, 3.8) is 0 Å². The Morgan fingerprint density at radius 1 is 0.380 bits per heavy atom. The summed E-state index contributed by atoms with van der Waals surface area (Å²) >= 11 is 0. The van der Waals surface area contributed by atoms with E-state index in [4.69, 9.17) is 18.5 Å². The zero-order chi connectivity index (χ0) is 34.2. The van der Waals surface area contributed by atoms with Gasteiger partial charge < -0.3 is 18.5 Å². The minimum atomic E-state index is -1.19. The van der Waals surface area contributed by atoms with Crippen LogP contribution in [0.1, 0.15) is 44.5 Å². The average molecular weight is 695 g/mol. The van der Waals surface area contributed by atoms with Crippen LogP contribution >= 0.6 is 16.3 Å². The van der Waals surface area contributed by atoms with Gasteiger partial charge in [-0.1, -0.05) is 121 Å². The lowest BCUT2D eigenvalue weighted by molar-refractivity contribution is 0.134. The van der Waals surface area contributed by atoms with Gasteiger partial charge in [0.1, 0.15) is 11.5 Å². The molecule has 2 aliphatic rings. The molecule has 6 aromatic carbocycles. The first kappa shape index (κ1) is 32.9. The highest BCUT2D eigenvalue weighted by Crippen LogP contribution is 2.55. The lowest BCUT2D eigenvalue weighted by atomic mass is 9.84. The predicted molar refractivity (Wildman–Crippen MR) is 207 cm³/mol. The SMILES string of the molecule is Cc1c2c(c(C)c(-c3c(C)c4c(c(C)c3OP(c3ccccc3)c3ccccc3)COC4)c1OP(c1ccccc1)c1ccccc1)COC2. The Bertz CT molecular complexity index is 1920. The highest BCUT2D eigenvalue weighted by molar-refractivity contribution is 7.69. The fourth-order valence-electron chi connectivity index (χ4n) is 7.26. The largest absolute Gasteiger partial charge is 0.464 e. The van der Waals surface area contributed by atoms with E-state index < -0.39 is 16.3 Å². The molecule has 6 aromatic rings. The summed E-state index contributed by atoms with van der Waals surface area (Å²) in [4.78, 5) is 0. The van der Waals surface area contributed by atoms with Crippen LogP contribution in [-0.4, -0.2) is 0 Å². The van der Waals surface area contributed by atoms with Gasteiger partial charge in [0.2, 0.25) is 0 Å². The molecule has 4 nitrogen and oxygen atoms in total. The van der Waals surface area contributed by atoms with Gasteiger partial charge in [0.05, 0.1) is 26.4 Å². The van der Waals surface area contributed by atoms with E-state index in [-0.39, 0.29) is 0 Å². The molecule has 0 spiro atoms. The molecule has 0 unspecified atom stereocenters. The van der Waals surface area contributed by atoms with Gasteiger partial charge in [-0.3, -0.25) is 0 Å². The fourth-order valence-corrected chi connectivity index (χ4v) is 10.9. The van der Waals surface area contributed by atoms with Crippen LogP contribution in [0.3, 0.4) is 0 Å². The molecule has 0 bridgehead atoms. The van der Waals surface area contributed by atoms with Crippen molar-refractivity contribution < 1.29 is 18.5 Å². The molecule has 0 amide bonds. The van der Waals surface area contributed by atoms with Crippen LogP contribution in [0, 0.1) is 27.7 Å². The Balaban J connectivity index is 1.39. The number of benzene rings is 6. The molecule has 8 rings (SSSR count). The maximum atomic E-state index is 7.48. The molecule has 0 aliphatic carbocycles. The van der Waals surface area contributed by atoms with Gasteiger partial charge in [0, 0.05) is 32.3 Å².